The summed E-state index contributed by atoms with van der Waals surface area (Å²) in [5, 5.41) is 25.4. The summed E-state index contributed by atoms with van der Waals surface area (Å²) in [5.41, 5.74) is 0. The Labute approximate surface area is 90.9 Å². The molecule has 0 aromatic rings. The summed E-state index contributed by atoms with van der Waals surface area (Å²) < 4.78 is 5.22. The zero-order valence-electron chi connectivity index (χ0n) is 9.31. The van der Waals surface area contributed by atoms with Gasteiger partial charge in [-0.3, -0.25) is 0 Å². The van der Waals surface area contributed by atoms with Gasteiger partial charge in [-0.2, -0.15) is 0 Å². The smallest absolute Gasteiger partial charge is 0.156 e. The Morgan fingerprint density at radius 2 is 2.07 bits per heavy atom. The lowest BCUT2D eigenvalue weighted by molar-refractivity contribution is -0.127. The average molecular weight is 216 g/mol. The second-order valence-corrected chi connectivity index (χ2v) is 4.02. The van der Waals surface area contributed by atoms with E-state index in [0.29, 0.717) is 6.42 Å². The monoisotopic (exact) mass is 216 g/mol. The number of rotatable bonds is 2. The van der Waals surface area contributed by atoms with E-state index in [1.807, 2.05) is 0 Å². The fourth-order valence-corrected chi connectivity index (χ4v) is 1.16. The van der Waals surface area contributed by atoms with Crippen molar-refractivity contribution in [2.45, 2.75) is 51.1 Å². The van der Waals surface area contributed by atoms with Crippen LogP contribution >= 0.6 is 0 Å². The molecule has 4 nitrogen and oxygen atoms in total. The van der Waals surface area contributed by atoms with E-state index < -0.39 is 11.9 Å². The number of aliphatic hydroxyl groups is 3. The van der Waals surface area contributed by atoms with Gasteiger partial charge >= 0.3 is 0 Å². The fourth-order valence-electron chi connectivity index (χ4n) is 1.16. The molecule has 0 bridgehead atoms. The quantitative estimate of drug-likeness (QED) is 0.457. The molecule has 1 fully saturated rings. The van der Waals surface area contributed by atoms with Gasteiger partial charge in [0.05, 0.1) is 12.2 Å². The van der Waals surface area contributed by atoms with E-state index in [0.717, 1.165) is 19.4 Å². The number of ether oxygens (including phenoxy) is 1. The van der Waals surface area contributed by atoms with Crippen molar-refractivity contribution in [2.75, 3.05) is 6.61 Å². The van der Waals surface area contributed by atoms with Gasteiger partial charge in [-0.25, -0.2) is 0 Å². The Hall–Kier alpha value is -0.600. The maximum atomic E-state index is 9.28. The van der Waals surface area contributed by atoms with Crippen LogP contribution in [0.25, 0.3) is 0 Å². The van der Waals surface area contributed by atoms with Gasteiger partial charge in [0.25, 0.3) is 0 Å². The molecule has 0 aromatic carbocycles. The molecule has 0 saturated carbocycles. The van der Waals surface area contributed by atoms with Gasteiger partial charge in [0.1, 0.15) is 0 Å². The number of aliphatic hydroxyl groups excluding tert-OH is 1. The van der Waals surface area contributed by atoms with Gasteiger partial charge in [0, 0.05) is 13.0 Å². The van der Waals surface area contributed by atoms with Gasteiger partial charge < -0.3 is 20.1 Å². The van der Waals surface area contributed by atoms with Crippen molar-refractivity contribution in [1.82, 2.24) is 0 Å². The van der Waals surface area contributed by atoms with Crippen LogP contribution in [0.4, 0.5) is 0 Å². The molecule has 88 valence electrons. The Morgan fingerprint density at radius 1 is 1.53 bits per heavy atom. The molecule has 4 heteroatoms. The Morgan fingerprint density at radius 3 is 2.40 bits per heavy atom. The first-order chi connectivity index (χ1) is 6.84. The summed E-state index contributed by atoms with van der Waals surface area (Å²) in [6.45, 7) is 3.37. The highest BCUT2D eigenvalue weighted by molar-refractivity contribution is 4.90. The summed E-state index contributed by atoms with van der Waals surface area (Å²) in [7, 11) is 0. The molecule has 0 radical (unpaired) electrons. The first kappa shape index (κ1) is 14.4. The maximum Gasteiger partial charge on any atom is 0.156 e. The summed E-state index contributed by atoms with van der Waals surface area (Å²) in [6, 6.07) is 0. The molecule has 0 aliphatic carbocycles. The summed E-state index contributed by atoms with van der Waals surface area (Å²) in [6.07, 6.45) is 6.98. The standard InChI is InChI=1S/C8H12O2.C3H8O2/c1-2-4-7(9)8-5-3-6-10-8;1-3(2,4)5/h1,7-9H,3-6H2;4-5H,1-2H3. The van der Waals surface area contributed by atoms with E-state index in [1.165, 1.54) is 13.8 Å². The van der Waals surface area contributed by atoms with Crippen molar-refractivity contribution in [3.05, 3.63) is 0 Å². The van der Waals surface area contributed by atoms with Crippen molar-refractivity contribution in [1.29, 1.82) is 0 Å². The summed E-state index contributed by atoms with van der Waals surface area (Å²) in [4.78, 5) is 0. The molecule has 15 heavy (non-hydrogen) atoms. The Kier molecular flexibility index (Phi) is 6.53. The van der Waals surface area contributed by atoms with E-state index in [4.69, 9.17) is 21.4 Å². The van der Waals surface area contributed by atoms with Crippen LogP contribution < -0.4 is 0 Å². The second kappa shape index (κ2) is 6.81. The highest BCUT2D eigenvalue weighted by Gasteiger charge is 2.22. The van der Waals surface area contributed by atoms with Crippen LogP contribution in [0.3, 0.4) is 0 Å². The molecule has 2 atom stereocenters. The van der Waals surface area contributed by atoms with Crippen LogP contribution in [-0.2, 0) is 4.74 Å². The number of hydrogen-bond acceptors (Lipinski definition) is 4. The molecule has 1 aliphatic rings. The predicted octanol–water partition coefficient (Wildman–Crippen LogP) is 0.257. The lowest BCUT2D eigenvalue weighted by atomic mass is 10.1. The third-order valence-electron chi connectivity index (χ3n) is 1.72. The third-order valence-corrected chi connectivity index (χ3v) is 1.72. The van der Waals surface area contributed by atoms with Crippen LogP contribution in [-0.4, -0.2) is 39.9 Å². The Balaban J connectivity index is 0.000000336. The van der Waals surface area contributed by atoms with E-state index >= 15 is 0 Å². The van der Waals surface area contributed by atoms with E-state index in [9.17, 15) is 5.11 Å². The lowest BCUT2D eigenvalue weighted by Crippen LogP contribution is -2.24. The van der Waals surface area contributed by atoms with Gasteiger partial charge in [-0.15, -0.1) is 12.3 Å². The minimum atomic E-state index is -1.50. The molecule has 0 spiro atoms. The van der Waals surface area contributed by atoms with E-state index in [2.05, 4.69) is 5.92 Å². The molecule has 3 N–H and O–H groups in total. The van der Waals surface area contributed by atoms with E-state index in [-0.39, 0.29) is 6.10 Å². The van der Waals surface area contributed by atoms with Crippen molar-refractivity contribution >= 4 is 0 Å². The highest BCUT2D eigenvalue weighted by atomic mass is 16.5. The zero-order chi connectivity index (χ0) is 11.9. The molecule has 0 aromatic heterocycles. The van der Waals surface area contributed by atoms with Crippen molar-refractivity contribution in [3.8, 4) is 12.3 Å². The van der Waals surface area contributed by atoms with Crippen molar-refractivity contribution in [2.24, 2.45) is 0 Å². The molecule has 1 aliphatic heterocycles. The lowest BCUT2D eigenvalue weighted by Gasteiger charge is -2.13. The highest BCUT2D eigenvalue weighted by Crippen LogP contribution is 2.16. The molecule has 1 rings (SSSR count). The Bertz CT molecular complexity index is 190. The average Bonchev–Trinajstić information content (AvgIpc) is 2.52. The van der Waals surface area contributed by atoms with Gasteiger partial charge in [0.2, 0.25) is 0 Å². The summed E-state index contributed by atoms with van der Waals surface area (Å²) in [5.74, 6) is 0.914. The topological polar surface area (TPSA) is 69.9 Å². The molecule has 1 heterocycles. The number of terminal acetylenes is 1. The molecule has 2 unspecified atom stereocenters. The fraction of sp³-hybridized carbons (Fsp3) is 0.818. The molecular weight excluding hydrogens is 196 g/mol. The van der Waals surface area contributed by atoms with Crippen molar-refractivity contribution in [3.63, 3.8) is 0 Å². The third kappa shape index (κ3) is 9.70. The maximum absolute atomic E-state index is 9.28. The van der Waals surface area contributed by atoms with Crippen LogP contribution in [0.15, 0.2) is 0 Å². The first-order valence-corrected chi connectivity index (χ1v) is 5.02. The second-order valence-electron chi connectivity index (χ2n) is 4.02. The minimum absolute atomic E-state index is 0.00366. The van der Waals surface area contributed by atoms with Crippen LogP contribution in [0.5, 0.6) is 0 Å². The van der Waals surface area contributed by atoms with Crippen LogP contribution in [0.2, 0.25) is 0 Å². The first-order valence-electron chi connectivity index (χ1n) is 5.02. The zero-order valence-corrected chi connectivity index (χ0v) is 9.31. The van der Waals surface area contributed by atoms with Gasteiger partial charge in [-0.1, -0.05) is 0 Å². The largest absolute Gasteiger partial charge is 0.389 e. The molecule has 0 amide bonds. The normalized spacial score (nSPS) is 22.5. The SMILES string of the molecule is C#CCC(O)C1CCCO1.CC(C)(O)O. The van der Waals surface area contributed by atoms with E-state index in [1.54, 1.807) is 0 Å². The summed E-state index contributed by atoms with van der Waals surface area (Å²) >= 11 is 0. The van der Waals surface area contributed by atoms with Crippen LogP contribution in [0.1, 0.15) is 33.1 Å². The van der Waals surface area contributed by atoms with Crippen molar-refractivity contribution < 1.29 is 20.1 Å². The molecule has 1 saturated heterocycles. The molecular formula is C11H20O4. The minimum Gasteiger partial charge on any atom is -0.389 e. The number of hydrogen-bond donors (Lipinski definition) is 3. The van der Waals surface area contributed by atoms with Crippen LogP contribution in [0, 0.1) is 12.3 Å². The van der Waals surface area contributed by atoms with Gasteiger partial charge in [0.15, 0.2) is 5.79 Å². The predicted molar refractivity (Wildman–Crippen MR) is 56.9 cm³/mol. The van der Waals surface area contributed by atoms with Gasteiger partial charge in [-0.05, 0) is 26.7 Å².